The molecule has 0 unspecified atom stereocenters. The fraction of sp³-hybridized carbons (Fsp3) is 0.200. The summed E-state index contributed by atoms with van der Waals surface area (Å²) >= 11 is 0. The van der Waals surface area contributed by atoms with Crippen molar-refractivity contribution >= 4 is 18.5 Å². The normalized spacial score (nSPS) is 9.14. The molecular weight excluding hydrogens is 180 g/mol. The van der Waals surface area contributed by atoms with E-state index in [9.17, 15) is 9.59 Å². The maximum Gasteiger partial charge on any atom is 0.216 e. The Bertz CT molecular complexity index is 279. The molecule has 0 spiro atoms. The molecule has 0 fully saturated rings. The van der Waals surface area contributed by atoms with Gasteiger partial charge in [-0.3, -0.25) is 14.5 Å². The predicted octanol–water partition coefficient (Wildman–Crippen LogP) is 0.713. The zero-order valence-electron chi connectivity index (χ0n) is 7.72. The average Bonchev–Trinajstić information content (AvgIpc) is 2.26. The third-order valence-electron chi connectivity index (χ3n) is 1.74. The van der Waals surface area contributed by atoms with Crippen LogP contribution >= 0.6 is 0 Å². The smallest absolute Gasteiger partial charge is 0.216 e. The Morgan fingerprint density at radius 3 is 2.36 bits per heavy atom. The molecule has 1 N–H and O–H groups in total. The number of hydrogen-bond acceptors (Lipinski definition) is 3. The second kappa shape index (κ2) is 5.75. The van der Waals surface area contributed by atoms with E-state index in [0.29, 0.717) is 25.9 Å². The molecule has 4 heteroatoms. The van der Waals surface area contributed by atoms with Crippen molar-refractivity contribution in [2.24, 2.45) is 0 Å². The van der Waals surface area contributed by atoms with E-state index in [2.05, 4.69) is 5.32 Å². The quantitative estimate of drug-likeness (QED) is 0.675. The van der Waals surface area contributed by atoms with Gasteiger partial charge in [0, 0.05) is 18.8 Å². The first-order chi connectivity index (χ1) is 6.86. The lowest BCUT2D eigenvalue weighted by Gasteiger charge is -2.10. The molecule has 2 amide bonds. The molecule has 1 aromatic rings. The van der Waals surface area contributed by atoms with Gasteiger partial charge in [0.2, 0.25) is 12.8 Å². The van der Waals surface area contributed by atoms with E-state index >= 15 is 0 Å². The summed E-state index contributed by atoms with van der Waals surface area (Å²) < 4.78 is 0. The molecule has 4 nitrogen and oxygen atoms in total. The number of rotatable bonds is 6. The van der Waals surface area contributed by atoms with Crippen LogP contribution in [-0.2, 0) is 9.59 Å². The van der Waals surface area contributed by atoms with Crippen molar-refractivity contribution in [3.8, 4) is 0 Å². The van der Waals surface area contributed by atoms with Gasteiger partial charge in [0.25, 0.3) is 0 Å². The number of hydrogen-bond donors (Lipinski definition) is 1. The maximum atomic E-state index is 10.2. The van der Waals surface area contributed by atoms with Gasteiger partial charge < -0.3 is 5.32 Å². The van der Waals surface area contributed by atoms with Gasteiger partial charge in [0.05, 0.1) is 0 Å². The lowest BCUT2D eigenvalue weighted by atomic mass is 10.3. The molecular formula is C10H12N2O2. The first-order valence-electron chi connectivity index (χ1n) is 4.32. The van der Waals surface area contributed by atoms with Crippen molar-refractivity contribution in [3.05, 3.63) is 30.3 Å². The first kappa shape index (κ1) is 10.2. The first-order valence-corrected chi connectivity index (χ1v) is 4.32. The number of amides is 2. The van der Waals surface area contributed by atoms with E-state index in [4.69, 9.17) is 0 Å². The fourth-order valence-electron chi connectivity index (χ4n) is 1.02. The van der Waals surface area contributed by atoms with Gasteiger partial charge in [-0.05, 0) is 12.1 Å². The summed E-state index contributed by atoms with van der Waals surface area (Å²) in [6.07, 6.45) is 1.03. The fourth-order valence-corrected chi connectivity index (χ4v) is 1.02. The summed E-state index contributed by atoms with van der Waals surface area (Å²) in [5.74, 6) is 0. The van der Waals surface area contributed by atoms with Crippen LogP contribution in [0.4, 0.5) is 5.69 Å². The van der Waals surface area contributed by atoms with E-state index in [1.54, 1.807) is 0 Å². The van der Waals surface area contributed by atoms with Crippen molar-refractivity contribution in [1.82, 2.24) is 4.90 Å². The lowest BCUT2D eigenvalue weighted by molar-refractivity contribution is -0.129. The van der Waals surface area contributed by atoms with Crippen molar-refractivity contribution < 1.29 is 9.59 Å². The van der Waals surface area contributed by atoms with Crippen LogP contribution in [0.1, 0.15) is 0 Å². The maximum absolute atomic E-state index is 10.2. The molecule has 0 aliphatic rings. The molecule has 74 valence electrons. The second-order valence-electron chi connectivity index (χ2n) is 2.74. The Kier molecular flexibility index (Phi) is 4.20. The number of imide groups is 1. The van der Waals surface area contributed by atoms with Gasteiger partial charge in [-0.25, -0.2) is 0 Å². The molecule has 0 atom stereocenters. The molecule has 0 aliphatic carbocycles. The highest BCUT2D eigenvalue weighted by molar-refractivity contribution is 5.68. The topological polar surface area (TPSA) is 49.4 Å². The second-order valence-corrected chi connectivity index (χ2v) is 2.74. The number of carbonyl (C=O) groups excluding carboxylic acids is 2. The van der Waals surface area contributed by atoms with Crippen LogP contribution < -0.4 is 5.32 Å². The number of nitrogens with zero attached hydrogens (tertiary/aromatic N) is 1. The summed E-state index contributed by atoms with van der Waals surface area (Å²) in [5.41, 5.74) is 0.976. The predicted molar refractivity (Wildman–Crippen MR) is 53.8 cm³/mol. The number of carbonyl (C=O) groups is 2. The molecule has 0 saturated carbocycles. The monoisotopic (exact) mass is 192 g/mol. The van der Waals surface area contributed by atoms with Crippen molar-refractivity contribution in [1.29, 1.82) is 0 Å². The number of benzene rings is 1. The Balaban J connectivity index is 2.28. The minimum atomic E-state index is 0.377. The zero-order chi connectivity index (χ0) is 10.2. The highest BCUT2D eigenvalue weighted by atomic mass is 16.2. The summed E-state index contributed by atoms with van der Waals surface area (Å²) in [6, 6.07) is 9.60. The number of nitrogens with one attached hydrogen (secondary N) is 1. The Morgan fingerprint density at radius 2 is 1.79 bits per heavy atom. The molecule has 1 rings (SSSR count). The third-order valence-corrected chi connectivity index (χ3v) is 1.74. The summed E-state index contributed by atoms with van der Waals surface area (Å²) in [5, 5.41) is 3.08. The average molecular weight is 192 g/mol. The van der Waals surface area contributed by atoms with Crippen LogP contribution in [0.15, 0.2) is 30.3 Å². The van der Waals surface area contributed by atoms with Crippen molar-refractivity contribution in [2.75, 3.05) is 18.4 Å². The summed E-state index contributed by atoms with van der Waals surface area (Å²) in [7, 11) is 0. The van der Waals surface area contributed by atoms with E-state index in [0.717, 1.165) is 10.6 Å². The van der Waals surface area contributed by atoms with Crippen LogP contribution in [0.2, 0.25) is 0 Å². The molecule has 0 saturated heterocycles. The van der Waals surface area contributed by atoms with Crippen molar-refractivity contribution in [2.45, 2.75) is 0 Å². The molecule has 0 bridgehead atoms. The van der Waals surface area contributed by atoms with Gasteiger partial charge in [-0.15, -0.1) is 0 Å². The summed E-state index contributed by atoms with van der Waals surface area (Å²) in [4.78, 5) is 21.5. The number of anilines is 1. The molecule has 0 aliphatic heterocycles. The van der Waals surface area contributed by atoms with Gasteiger partial charge in [0.1, 0.15) is 0 Å². The third kappa shape index (κ3) is 3.26. The van der Waals surface area contributed by atoms with Gasteiger partial charge in [-0.2, -0.15) is 0 Å². The van der Waals surface area contributed by atoms with E-state index in [1.165, 1.54) is 0 Å². The molecule has 0 heterocycles. The van der Waals surface area contributed by atoms with Crippen LogP contribution in [0.5, 0.6) is 0 Å². The van der Waals surface area contributed by atoms with Crippen LogP contribution in [-0.4, -0.2) is 30.8 Å². The SMILES string of the molecule is O=CN(C=O)CCNc1ccccc1. The summed E-state index contributed by atoms with van der Waals surface area (Å²) in [6.45, 7) is 0.934. The highest BCUT2D eigenvalue weighted by Crippen LogP contribution is 2.03. The highest BCUT2D eigenvalue weighted by Gasteiger charge is 1.97. The Hall–Kier alpha value is -1.84. The minimum Gasteiger partial charge on any atom is -0.383 e. The van der Waals surface area contributed by atoms with Crippen molar-refractivity contribution in [3.63, 3.8) is 0 Å². The molecule has 0 radical (unpaired) electrons. The molecule has 14 heavy (non-hydrogen) atoms. The number of para-hydroxylation sites is 1. The van der Waals surface area contributed by atoms with Gasteiger partial charge in [0.15, 0.2) is 0 Å². The van der Waals surface area contributed by atoms with Crippen LogP contribution in [0.3, 0.4) is 0 Å². The molecule has 0 aromatic heterocycles. The Labute approximate surface area is 82.5 Å². The lowest BCUT2D eigenvalue weighted by Crippen LogP contribution is -2.26. The van der Waals surface area contributed by atoms with Crippen LogP contribution in [0, 0.1) is 0 Å². The van der Waals surface area contributed by atoms with Gasteiger partial charge in [-0.1, -0.05) is 18.2 Å². The largest absolute Gasteiger partial charge is 0.383 e. The zero-order valence-corrected chi connectivity index (χ0v) is 7.72. The van der Waals surface area contributed by atoms with Crippen LogP contribution in [0.25, 0.3) is 0 Å². The minimum absolute atomic E-state index is 0.377. The van der Waals surface area contributed by atoms with Gasteiger partial charge >= 0.3 is 0 Å². The van der Waals surface area contributed by atoms with E-state index < -0.39 is 0 Å². The van der Waals surface area contributed by atoms with E-state index in [-0.39, 0.29) is 0 Å². The molecule has 1 aromatic carbocycles. The Morgan fingerprint density at radius 1 is 1.14 bits per heavy atom. The van der Waals surface area contributed by atoms with E-state index in [1.807, 2.05) is 30.3 Å². The standard InChI is InChI=1S/C10H12N2O2/c13-8-12(9-14)7-6-11-10-4-2-1-3-5-10/h1-5,8-9,11H,6-7H2.